The van der Waals surface area contributed by atoms with Gasteiger partial charge in [0, 0.05) is 41.1 Å². The number of halogens is 2. The molecule has 1 amide bonds. The van der Waals surface area contributed by atoms with Crippen molar-refractivity contribution in [3.05, 3.63) is 80.3 Å². The van der Waals surface area contributed by atoms with E-state index >= 15 is 0 Å². The Labute approximate surface area is 183 Å². The van der Waals surface area contributed by atoms with Gasteiger partial charge in [-0.05, 0) is 41.7 Å². The molecule has 6 nitrogen and oxygen atoms in total. The molecule has 1 heterocycles. The van der Waals surface area contributed by atoms with Crippen molar-refractivity contribution in [2.45, 2.75) is 39.0 Å². The van der Waals surface area contributed by atoms with E-state index in [1.807, 2.05) is 13.8 Å². The number of allylic oxidation sites excluding steroid dienone is 2. The first-order valence-electron chi connectivity index (χ1n) is 9.86. The van der Waals surface area contributed by atoms with Crippen LogP contribution in [0.25, 0.3) is 0 Å². The summed E-state index contributed by atoms with van der Waals surface area (Å²) in [6.45, 7) is 3.82. The van der Waals surface area contributed by atoms with Crippen molar-refractivity contribution in [3.63, 3.8) is 0 Å². The highest BCUT2D eigenvalue weighted by molar-refractivity contribution is 6.31. The summed E-state index contributed by atoms with van der Waals surface area (Å²) < 4.78 is 13.9. The summed E-state index contributed by atoms with van der Waals surface area (Å²) in [5, 5.41) is 11.9. The van der Waals surface area contributed by atoms with Crippen LogP contribution in [-0.2, 0) is 9.59 Å². The van der Waals surface area contributed by atoms with Gasteiger partial charge in [-0.25, -0.2) is 4.39 Å². The molecule has 2 aromatic carbocycles. The normalized spacial score (nSPS) is 20.6. The van der Waals surface area contributed by atoms with Crippen molar-refractivity contribution in [3.8, 4) is 0 Å². The summed E-state index contributed by atoms with van der Waals surface area (Å²) in [4.78, 5) is 38.9. The maximum Gasteiger partial charge on any atom is 0.293 e. The fourth-order valence-corrected chi connectivity index (χ4v) is 4.70. The van der Waals surface area contributed by atoms with Gasteiger partial charge in [0.05, 0.1) is 4.92 Å². The summed E-state index contributed by atoms with van der Waals surface area (Å²) in [6.07, 6.45) is 0.546. The van der Waals surface area contributed by atoms with Gasteiger partial charge in [0.2, 0.25) is 5.91 Å². The molecular formula is C23H20ClFN2O4. The van der Waals surface area contributed by atoms with Gasteiger partial charge in [0.15, 0.2) is 5.78 Å². The Morgan fingerprint density at radius 2 is 1.90 bits per heavy atom. The van der Waals surface area contributed by atoms with Crippen molar-refractivity contribution in [1.29, 1.82) is 0 Å². The van der Waals surface area contributed by atoms with Gasteiger partial charge < -0.3 is 0 Å². The van der Waals surface area contributed by atoms with Crippen LogP contribution in [-0.4, -0.2) is 16.6 Å². The quantitative estimate of drug-likeness (QED) is 0.461. The number of hydrogen-bond acceptors (Lipinski definition) is 4. The fraction of sp³-hybridized carbons (Fsp3) is 0.304. The molecular weight excluding hydrogens is 423 g/mol. The Kier molecular flexibility index (Phi) is 5.17. The van der Waals surface area contributed by atoms with E-state index in [4.69, 9.17) is 11.6 Å². The lowest BCUT2D eigenvalue weighted by Crippen LogP contribution is -2.44. The summed E-state index contributed by atoms with van der Waals surface area (Å²) in [7, 11) is 0. The van der Waals surface area contributed by atoms with Crippen LogP contribution < -0.4 is 4.90 Å². The van der Waals surface area contributed by atoms with E-state index in [1.54, 1.807) is 12.1 Å². The topological polar surface area (TPSA) is 80.5 Å². The first-order valence-corrected chi connectivity index (χ1v) is 10.2. The zero-order valence-corrected chi connectivity index (χ0v) is 17.8. The third-order valence-electron chi connectivity index (χ3n) is 5.77. The number of anilines is 1. The lowest BCUT2D eigenvalue weighted by molar-refractivity contribution is -0.384. The van der Waals surface area contributed by atoms with Gasteiger partial charge in [-0.3, -0.25) is 24.6 Å². The van der Waals surface area contributed by atoms with E-state index in [0.717, 1.165) is 0 Å². The minimum Gasteiger partial charge on any atom is -0.294 e. The Bertz CT molecular complexity index is 1160. The SMILES string of the molecule is CC1(C)CC(=O)C2=C(C1)N(c1cc(Cl)ccc1[N+](=O)[O-])C(=O)CC2c1cccc(F)c1. The third-order valence-corrected chi connectivity index (χ3v) is 6.00. The van der Waals surface area contributed by atoms with Crippen LogP contribution in [0.4, 0.5) is 15.8 Å². The molecule has 31 heavy (non-hydrogen) atoms. The fourth-order valence-electron chi connectivity index (χ4n) is 4.53. The van der Waals surface area contributed by atoms with Crippen LogP contribution >= 0.6 is 11.6 Å². The summed E-state index contributed by atoms with van der Waals surface area (Å²) in [5.74, 6) is -1.59. The molecule has 2 aliphatic rings. The predicted octanol–water partition coefficient (Wildman–Crippen LogP) is 5.55. The molecule has 1 aliphatic heterocycles. The summed E-state index contributed by atoms with van der Waals surface area (Å²) >= 11 is 6.11. The van der Waals surface area contributed by atoms with Crippen LogP contribution in [0.5, 0.6) is 0 Å². The molecule has 0 N–H and O–H groups in total. The molecule has 0 saturated heterocycles. The van der Waals surface area contributed by atoms with E-state index < -0.39 is 28.0 Å². The van der Waals surface area contributed by atoms with E-state index in [2.05, 4.69) is 0 Å². The predicted molar refractivity (Wildman–Crippen MR) is 114 cm³/mol. The molecule has 4 rings (SSSR count). The van der Waals surface area contributed by atoms with Crippen molar-refractivity contribution in [1.82, 2.24) is 0 Å². The van der Waals surface area contributed by atoms with Crippen LogP contribution in [0.1, 0.15) is 44.6 Å². The van der Waals surface area contributed by atoms with Crippen LogP contribution in [0.3, 0.4) is 0 Å². The number of nitro groups is 1. The molecule has 1 aliphatic carbocycles. The number of benzene rings is 2. The number of nitro benzene ring substituents is 1. The molecule has 0 fully saturated rings. The van der Waals surface area contributed by atoms with E-state index in [1.165, 1.54) is 35.2 Å². The van der Waals surface area contributed by atoms with E-state index in [0.29, 0.717) is 23.3 Å². The van der Waals surface area contributed by atoms with Crippen molar-refractivity contribution < 1.29 is 18.9 Å². The Hall–Kier alpha value is -3.06. The molecule has 2 aromatic rings. The second-order valence-electron chi connectivity index (χ2n) is 8.73. The number of Topliss-reactive ketones (excluding diaryl/α,β-unsaturated/α-hetero) is 1. The van der Waals surface area contributed by atoms with Crippen LogP contribution in [0.2, 0.25) is 5.02 Å². The Balaban J connectivity index is 1.97. The second kappa shape index (κ2) is 7.57. The van der Waals surface area contributed by atoms with Gasteiger partial charge in [-0.15, -0.1) is 0 Å². The summed E-state index contributed by atoms with van der Waals surface area (Å²) in [5.41, 5.74) is 0.707. The highest BCUT2D eigenvalue weighted by Crippen LogP contribution is 2.49. The third kappa shape index (κ3) is 3.85. The second-order valence-corrected chi connectivity index (χ2v) is 9.17. The molecule has 0 spiro atoms. The Morgan fingerprint density at radius 3 is 2.58 bits per heavy atom. The lowest BCUT2D eigenvalue weighted by atomic mass is 9.69. The number of rotatable bonds is 3. The molecule has 0 aromatic heterocycles. The van der Waals surface area contributed by atoms with Gasteiger partial charge in [-0.1, -0.05) is 37.6 Å². The smallest absolute Gasteiger partial charge is 0.293 e. The van der Waals surface area contributed by atoms with Gasteiger partial charge in [0.25, 0.3) is 5.69 Å². The number of hydrogen-bond donors (Lipinski definition) is 0. The number of nitrogens with zero attached hydrogens (tertiary/aromatic N) is 2. The van der Waals surface area contributed by atoms with Gasteiger partial charge in [-0.2, -0.15) is 0 Å². The maximum absolute atomic E-state index is 13.9. The molecule has 160 valence electrons. The van der Waals surface area contributed by atoms with Crippen molar-refractivity contribution in [2.24, 2.45) is 5.41 Å². The van der Waals surface area contributed by atoms with Crippen molar-refractivity contribution >= 4 is 34.7 Å². The zero-order chi connectivity index (χ0) is 22.5. The first kappa shape index (κ1) is 21.2. The standard InChI is InChI=1S/C23H20ClFN2O4/c1-23(2)11-19-22(20(28)12-23)16(13-4-3-5-15(25)8-13)10-21(29)26(19)18-9-14(24)6-7-17(18)27(30)31/h3-9,16H,10-12H2,1-2H3. The average molecular weight is 443 g/mol. The Morgan fingerprint density at radius 1 is 1.16 bits per heavy atom. The number of carbonyl (C=O) groups is 2. The molecule has 1 atom stereocenters. The highest BCUT2D eigenvalue weighted by Gasteiger charge is 2.45. The van der Waals surface area contributed by atoms with E-state index in [9.17, 15) is 24.1 Å². The number of carbonyl (C=O) groups excluding carboxylic acids is 2. The first-order chi connectivity index (χ1) is 14.6. The number of ketones is 1. The van der Waals surface area contributed by atoms with Crippen LogP contribution in [0, 0.1) is 21.3 Å². The minimum absolute atomic E-state index is 0.0400. The van der Waals surface area contributed by atoms with Gasteiger partial charge >= 0.3 is 0 Å². The minimum atomic E-state index is -0.601. The molecule has 0 saturated carbocycles. The van der Waals surface area contributed by atoms with Crippen molar-refractivity contribution in [2.75, 3.05) is 4.90 Å². The average Bonchev–Trinajstić information content (AvgIpc) is 2.66. The monoisotopic (exact) mass is 442 g/mol. The zero-order valence-electron chi connectivity index (χ0n) is 17.0. The molecule has 0 radical (unpaired) electrons. The van der Waals surface area contributed by atoms with Crippen LogP contribution in [0.15, 0.2) is 53.7 Å². The maximum atomic E-state index is 13.9. The molecule has 1 unspecified atom stereocenters. The highest BCUT2D eigenvalue weighted by atomic mass is 35.5. The number of amides is 1. The lowest BCUT2D eigenvalue weighted by Gasteiger charge is -2.42. The van der Waals surface area contributed by atoms with E-state index in [-0.39, 0.29) is 35.0 Å². The largest absolute Gasteiger partial charge is 0.294 e. The molecule has 0 bridgehead atoms. The van der Waals surface area contributed by atoms with Gasteiger partial charge in [0.1, 0.15) is 11.5 Å². The summed E-state index contributed by atoms with van der Waals surface area (Å²) in [6, 6.07) is 9.87. The molecule has 8 heteroatoms.